The van der Waals surface area contributed by atoms with Gasteiger partial charge in [0.2, 0.25) is 0 Å². The summed E-state index contributed by atoms with van der Waals surface area (Å²) < 4.78 is 26.2. The Bertz CT molecular complexity index is 1090. The second kappa shape index (κ2) is 11.4. The average Bonchev–Trinajstić information content (AvgIpc) is 3.29. The summed E-state index contributed by atoms with van der Waals surface area (Å²) in [6, 6.07) is 11.4. The summed E-state index contributed by atoms with van der Waals surface area (Å²) in [6.07, 6.45) is 6.34. The Hall–Kier alpha value is -3.07. The number of benzene rings is 2. The van der Waals surface area contributed by atoms with E-state index in [1.807, 2.05) is 4.57 Å². The van der Waals surface area contributed by atoms with E-state index in [0.29, 0.717) is 28.8 Å². The van der Waals surface area contributed by atoms with Crippen LogP contribution in [0.1, 0.15) is 48.3 Å². The van der Waals surface area contributed by atoms with Gasteiger partial charge in [-0.1, -0.05) is 37.1 Å². The van der Waals surface area contributed by atoms with E-state index >= 15 is 0 Å². The lowest BCUT2D eigenvalue weighted by molar-refractivity contribution is 0.0943. The summed E-state index contributed by atoms with van der Waals surface area (Å²) in [5.41, 5.74) is 1.06. The first kappa shape index (κ1) is 24.1. The van der Waals surface area contributed by atoms with Crippen molar-refractivity contribution in [3.05, 3.63) is 59.7 Å². The van der Waals surface area contributed by atoms with Gasteiger partial charge in [-0.2, -0.15) is 0 Å². The van der Waals surface area contributed by atoms with Crippen LogP contribution < -0.4 is 14.8 Å². The van der Waals surface area contributed by atoms with E-state index < -0.39 is 0 Å². The van der Waals surface area contributed by atoms with Crippen molar-refractivity contribution in [1.82, 2.24) is 20.1 Å². The average molecular weight is 485 g/mol. The van der Waals surface area contributed by atoms with Gasteiger partial charge >= 0.3 is 0 Å². The van der Waals surface area contributed by atoms with Crippen molar-refractivity contribution >= 4 is 17.7 Å². The number of methoxy groups -OCH3 is 2. The highest BCUT2D eigenvalue weighted by Gasteiger charge is 2.21. The Morgan fingerprint density at radius 2 is 1.74 bits per heavy atom. The largest absolute Gasteiger partial charge is 0.496 e. The molecule has 0 saturated heterocycles. The monoisotopic (exact) mass is 484 g/mol. The third-order valence-corrected chi connectivity index (χ3v) is 7.18. The van der Waals surface area contributed by atoms with Crippen molar-refractivity contribution in [2.75, 3.05) is 20.0 Å². The van der Waals surface area contributed by atoms with E-state index in [4.69, 9.17) is 9.47 Å². The van der Waals surface area contributed by atoms with E-state index in [-0.39, 0.29) is 18.3 Å². The van der Waals surface area contributed by atoms with Gasteiger partial charge in [0.1, 0.15) is 22.9 Å². The number of nitrogens with zero attached hydrogens (tertiary/aromatic N) is 3. The Morgan fingerprint density at radius 3 is 2.38 bits per heavy atom. The van der Waals surface area contributed by atoms with Crippen molar-refractivity contribution in [3.8, 4) is 17.2 Å². The molecule has 0 aliphatic heterocycles. The smallest absolute Gasteiger partial charge is 0.259 e. The third kappa shape index (κ3) is 5.52. The Morgan fingerprint density at radius 1 is 1.06 bits per heavy atom. The van der Waals surface area contributed by atoms with Crippen LogP contribution in [0.3, 0.4) is 0 Å². The lowest BCUT2D eigenvalue weighted by Crippen LogP contribution is -2.25. The molecule has 34 heavy (non-hydrogen) atoms. The number of halogens is 1. The van der Waals surface area contributed by atoms with E-state index in [0.717, 1.165) is 16.6 Å². The molecule has 0 radical (unpaired) electrons. The number of amides is 1. The number of nitrogens with one attached hydrogen (secondary N) is 1. The molecule has 180 valence electrons. The maximum atomic E-state index is 13.6. The van der Waals surface area contributed by atoms with Gasteiger partial charge in [0, 0.05) is 11.4 Å². The van der Waals surface area contributed by atoms with Crippen LogP contribution in [0.4, 0.5) is 4.39 Å². The van der Waals surface area contributed by atoms with Gasteiger partial charge in [-0.05, 0) is 55.2 Å². The first-order valence-corrected chi connectivity index (χ1v) is 12.4. The zero-order valence-corrected chi connectivity index (χ0v) is 20.2. The van der Waals surface area contributed by atoms with Gasteiger partial charge in [0.05, 0.1) is 20.8 Å². The molecule has 1 fully saturated rings. The molecule has 0 atom stereocenters. The van der Waals surface area contributed by atoms with Crippen LogP contribution >= 0.6 is 11.8 Å². The summed E-state index contributed by atoms with van der Waals surface area (Å²) in [5.74, 6) is 2.36. The summed E-state index contributed by atoms with van der Waals surface area (Å²) in [4.78, 5) is 13.0. The number of carbonyl (C=O) groups excluding carboxylic acids is 1. The maximum Gasteiger partial charge on any atom is 0.259 e. The van der Waals surface area contributed by atoms with Crippen LogP contribution in [0.2, 0.25) is 0 Å². The zero-order valence-electron chi connectivity index (χ0n) is 19.4. The lowest BCUT2D eigenvalue weighted by atomic mass is 9.91. The van der Waals surface area contributed by atoms with Crippen molar-refractivity contribution in [1.29, 1.82) is 0 Å². The van der Waals surface area contributed by atoms with Gasteiger partial charge in [-0.25, -0.2) is 4.39 Å². The molecule has 0 bridgehead atoms. The minimum atomic E-state index is -0.348. The van der Waals surface area contributed by atoms with Crippen molar-refractivity contribution in [3.63, 3.8) is 0 Å². The highest BCUT2D eigenvalue weighted by atomic mass is 32.2. The summed E-state index contributed by atoms with van der Waals surface area (Å²) >= 11 is 1.66. The fourth-order valence-electron chi connectivity index (χ4n) is 4.23. The van der Waals surface area contributed by atoms with Gasteiger partial charge < -0.3 is 14.8 Å². The molecule has 1 amide bonds. The molecule has 1 saturated carbocycles. The molecule has 1 aliphatic rings. The maximum absolute atomic E-state index is 13.6. The Labute approximate surface area is 203 Å². The predicted molar refractivity (Wildman–Crippen MR) is 129 cm³/mol. The normalized spacial score (nSPS) is 14.1. The molecule has 0 spiro atoms. The van der Waals surface area contributed by atoms with Crippen LogP contribution in [0.15, 0.2) is 47.6 Å². The molecule has 4 rings (SSSR count). The van der Waals surface area contributed by atoms with E-state index in [2.05, 4.69) is 15.5 Å². The summed E-state index contributed by atoms with van der Waals surface area (Å²) in [6.45, 7) is 0.133. The molecule has 1 aromatic heterocycles. The number of carbonyl (C=O) groups is 1. The van der Waals surface area contributed by atoms with Crippen molar-refractivity contribution in [2.24, 2.45) is 5.92 Å². The van der Waals surface area contributed by atoms with Crippen LogP contribution in [0.25, 0.3) is 5.69 Å². The number of ether oxygens (including phenoxy) is 2. The number of rotatable bonds is 9. The quantitative estimate of drug-likeness (QED) is 0.430. The molecule has 7 nitrogen and oxygen atoms in total. The minimum absolute atomic E-state index is 0.133. The van der Waals surface area contributed by atoms with Crippen LogP contribution in [0, 0.1) is 11.7 Å². The SMILES string of the molecule is COc1cccc(OC)c1C(=O)NCc1nnc(SCC2CCCCC2)n1-c1ccc(F)cc1. The molecule has 1 heterocycles. The Balaban J connectivity index is 1.56. The topological polar surface area (TPSA) is 78.3 Å². The van der Waals surface area contributed by atoms with Crippen LogP contribution in [-0.2, 0) is 6.54 Å². The van der Waals surface area contributed by atoms with Crippen molar-refractivity contribution in [2.45, 2.75) is 43.8 Å². The molecule has 1 aliphatic carbocycles. The number of thioether (sulfide) groups is 1. The van der Waals surface area contributed by atoms with Gasteiger partial charge in [-0.3, -0.25) is 9.36 Å². The lowest BCUT2D eigenvalue weighted by Gasteiger charge is -2.20. The van der Waals surface area contributed by atoms with Gasteiger partial charge in [-0.15, -0.1) is 10.2 Å². The second-order valence-electron chi connectivity index (χ2n) is 8.25. The minimum Gasteiger partial charge on any atom is -0.496 e. The Kier molecular flexibility index (Phi) is 8.05. The van der Waals surface area contributed by atoms with E-state index in [1.165, 1.54) is 58.5 Å². The summed E-state index contributed by atoms with van der Waals surface area (Å²) in [7, 11) is 3.01. The van der Waals surface area contributed by atoms with Crippen molar-refractivity contribution < 1.29 is 18.7 Å². The number of hydrogen-bond acceptors (Lipinski definition) is 6. The number of aromatic nitrogens is 3. The summed E-state index contributed by atoms with van der Waals surface area (Å²) in [5, 5.41) is 12.4. The molecular weight excluding hydrogens is 455 g/mol. The van der Waals surface area contributed by atoms with Crippen LogP contribution in [-0.4, -0.2) is 40.6 Å². The molecule has 0 unspecified atom stereocenters. The van der Waals surface area contributed by atoms with E-state index in [9.17, 15) is 9.18 Å². The second-order valence-corrected chi connectivity index (χ2v) is 9.23. The molecule has 1 N–H and O–H groups in total. The van der Waals surface area contributed by atoms with Crippen LogP contribution in [0.5, 0.6) is 11.5 Å². The van der Waals surface area contributed by atoms with E-state index in [1.54, 1.807) is 42.1 Å². The first-order chi connectivity index (χ1) is 16.6. The first-order valence-electron chi connectivity index (χ1n) is 11.4. The number of hydrogen-bond donors (Lipinski definition) is 1. The fraction of sp³-hybridized carbons (Fsp3) is 0.400. The zero-order chi connectivity index (χ0) is 23.9. The highest BCUT2D eigenvalue weighted by Crippen LogP contribution is 2.31. The standard InChI is InChI=1S/C25H29FN4O3S/c1-32-20-9-6-10-21(33-2)23(20)24(31)27-15-22-28-29-25(34-16-17-7-4-3-5-8-17)30(22)19-13-11-18(26)12-14-19/h6,9-14,17H,3-5,7-8,15-16H2,1-2H3,(H,27,31). The molecular formula is C25H29FN4O3S. The fourth-order valence-corrected chi connectivity index (χ4v) is 5.38. The van der Waals surface area contributed by atoms with Gasteiger partial charge in [0.15, 0.2) is 11.0 Å². The molecule has 2 aromatic carbocycles. The molecule has 3 aromatic rings. The van der Waals surface area contributed by atoms with Gasteiger partial charge in [0.25, 0.3) is 5.91 Å². The highest BCUT2D eigenvalue weighted by molar-refractivity contribution is 7.99. The molecule has 9 heteroatoms. The predicted octanol–water partition coefficient (Wildman–Crippen LogP) is 5.03. The third-order valence-electron chi connectivity index (χ3n) is 6.02.